The second-order valence-corrected chi connectivity index (χ2v) is 5.91. The highest BCUT2D eigenvalue weighted by molar-refractivity contribution is 6.02. The summed E-state index contributed by atoms with van der Waals surface area (Å²) in [6.07, 6.45) is 2.71. The summed E-state index contributed by atoms with van der Waals surface area (Å²) >= 11 is 0. The third kappa shape index (κ3) is 4.43. The summed E-state index contributed by atoms with van der Waals surface area (Å²) < 4.78 is 10.6. The number of amides is 2. The van der Waals surface area contributed by atoms with E-state index in [1.165, 1.54) is 6.26 Å². The molecule has 26 heavy (non-hydrogen) atoms. The number of furan rings is 1. The largest absolute Gasteiger partial charge is 0.459 e. The number of hydrogen-bond acceptors (Lipinski definition) is 5. The first-order chi connectivity index (χ1) is 12.1. The van der Waals surface area contributed by atoms with Gasteiger partial charge in [-0.2, -0.15) is 0 Å². The van der Waals surface area contributed by atoms with Crippen molar-refractivity contribution in [2.24, 2.45) is 0 Å². The molecule has 8 heteroatoms. The minimum atomic E-state index is -0.794. The zero-order valence-corrected chi connectivity index (χ0v) is 15.2. The number of halogens is 1. The fraction of sp³-hybridized carbons (Fsp3) is 0.333. The smallest absolute Gasteiger partial charge is 0.291 e. The number of methoxy groups -OCH3 is 1. The summed E-state index contributed by atoms with van der Waals surface area (Å²) in [5.74, 6) is -0.232. The lowest BCUT2D eigenvalue weighted by Gasteiger charge is -2.34. The number of benzene rings is 1. The van der Waals surface area contributed by atoms with Gasteiger partial charge in [0.15, 0.2) is 5.76 Å². The van der Waals surface area contributed by atoms with Gasteiger partial charge in [-0.1, -0.05) is 0 Å². The van der Waals surface area contributed by atoms with Crippen molar-refractivity contribution in [1.29, 1.82) is 0 Å². The fourth-order valence-corrected chi connectivity index (χ4v) is 2.84. The molecule has 140 valence electrons. The van der Waals surface area contributed by atoms with Gasteiger partial charge in [0.25, 0.3) is 11.8 Å². The van der Waals surface area contributed by atoms with Gasteiger partial charge >= 0.3 is 0 Å². The van der Waals surface area contributed by atoms with Crippen molar-refractivity contribution in [1.82, 2.24) is 5.32 Å². The summed E-state index contributed by atoms with van der Waals surface area (Å²) in [6.45, 7) is 1.50. The SMILES string of the molecule is COC1(C(=O)Nc2ccc(NC(=O)c3ccco3)cc2)CCNCC1.Cl. The van der Waals surface area contributed by atoms with Crippen LogP contribution in [0.25, 0.3) is 0 Å². The van der Waals surface area contributed by atoms with E-state index in [9.17, 15) is 9.59 Å². The van der Waals surface area contributed by atoms with E-state index in [0.717, 1.165) is 13.1 Å². The minimum Gasteiger partial charge on any atom is -0.459 e. The standard InChI is InChI=1S/C18H21N3O4.ClH/c1-24-18(8-10-19-11-9-18)17(23)21-14-6-4-13(5-7-14)20-16(22)15-3-2-12-25-15;/h2-7,12,19H,8-11H2,1H3,(H,20,22)(H,21,23);1H. The van der Waals surface area contributed by atoms with Crippen LogP contribution in [0.5, 0.6) is 0 Å². The minimum absolute atomic E-state index is 0. The maximum atomic E-state index is 12.6. The molecule has 2 amide bonds. The second kappa shape index (κ2) is 8.84. The Hall–Kier alpha value is -2.35. The predicted molar refractivity (Wildman–Crippen MR) is 101 cm³/mol. The lowest BCUT2D eigenvalue weighted by atomic mass is 9.91. The first-order valence-electron chi connectivity index (χ1n) is 8.15. The van der Waals surface area contributed by atoms with E-state index in [0.29, 0.717) is 24.2 Å². The van der Waals surface area contributed by atoms with Crippen molar-refractivity contribution in [3.8, 4) is 0 Å². The Kier molecular flexibility index (Phi) is 6.79. The molecule has 1 fully saturated rings. The first kappa shape index (κ1) is 20.0. The highest BCUT2D eigenvalue weighted by Gasteiger charge is 2.39. The number of nitrogens with one attached hydrogen (secondary N) is 3. The van der Waals surface area contributed by atoms with E-state index in [1.54, 1.807) is 43.5 Å². The van der Waals surface area contributed by atoms with Gasteiger partial charge in [-0.15, -0.1) is 12.4 Å². The summed E-state index contributed by atoms with van der Waals surface area (Å²) in [5, 5.41) is 8.84. The molecule has 0 saturated carbocycles. The predicted octanol–water partition coefficient (Wildman–Crippen LogP) is 2.66. The van der Waals surface area contributed by atoms with Crippen molar-refractivity contribution < 1.29 is 18.7 Å². The van der Waals surface area contributed by atoms with Gasteiger partial charge in [0, 0.05) is 18.5 Å². The Balaban J connectivity index is 0.00000243. The Morgan fingerprint density at radius 1 is 1.08 bits per heavy atom. The fourth-order valence-electron chi connectivity index (χ4n) is 2.84. The summed E-state index contributed by atoms with van der Waals surface area (Å²) in [4.78, 5) is 24.5. The Morgan fingerprint density at radius 2 is 1.69 bits per heavy atom. The van der Waals surface area contributed by atoms with Crippen LogP contribution in [-0.2, 0) is 9.53 Å². The monoisotopic (exact) mass is 379 g/mol. The number of ether oxygens (including phenoxy) is 1. The van der Waals surface area contributed by atoms with Gasteiger partial charge in [-0.05, 0) is 62.3 Å². The molecule has 0 spiro atoms. The number of rotatable bonds is 5. The van der Waals surface area contributed by atoms with Crippen LogP contribution in [0.2, 0.25) is 0 Å². The van der Waals surface area contributed by atoms with Gasteiger partial charge in [0.1, 0.15) is 5.60 Å². The molecule has 0 radical (unpaired) electrons. The van der Waals surface area contributed by atoms with E-state index < -0.39 is 5.60 Å². The van der Waals surface area contributed by atoms with Gasteiger partial charge in [0.05, 0.1) is 6.26 Å². The van der Waals surface area contributed by atoms with Crippen molar-refractivity contribution in [3.05, 3.63) is 48.4 Å². The van der Waals surface area contributed by atoms with E-state index >= 15 is 0 Å². The maximum absolute atomic E-state index is 12.6. The maximum Gasteiger partial charge on any atom is 0.291 e. The number of carbonyl (C=O) groups excluding carboxylic acids is 2. The highest BCUT2D eigenvalue weighted by Crippen LogP contribution is 2.25. The topological polar surface area (TPSA) is 92.6 Å². The van der Waals surface area contributed by atoms with Crippen LogP contribution in [0.3, 0.4) is 0 Å². The van der Waals surface area contributed by atoms with Crippen molar-refractivity contribution in [3.63, 3.8) is 0 Å². The quantitative estimate of drug-likeness (QED) is 0.742. The van der Waals surface area contributed by atoms with E-state index in [2.05, 4.69) is 16.0 Å². The molecule has 2 aromatic rings. The van der Waals surface area contributed by atoms with Crippen LogP contribution < -0.4 is 16.0 Å². The van der Waals surface area contributed by atoms with Crippen LogP contribution in [-0.4, -0.2) is 37.6 Å². The van der Waals surface area contributed by atoms with Crippen LogP contribution in [0.4, 0.5) is 11.4 Å². The molecule has 3 N–H and O–H groups in total. The van der Waals surface area contributed by atoms with Gasteiger partial charge in [-0.25, -0.2) is 0 Å². The summed E-state index contributed by atoms with van der Waals surface area (Å²) in [6, 6.07) is 10.2. The molecule has 1 saturated heterocycles. The van der Waals surface area contributed by atoms with E-state index in [4.69, 9.17) is 9.15 Å². The molecule has 0 aliphatic carbocycles. The number of carbonyl (C=O) groups is 2. The zero-order valence-electron chi connectivity index (χ0n) is 14.4. The molecule has 1 aliphatic rings. The Morgan fingerprint density at radius 3 is 2.23 bits per heavy atom. The van der Waals surface area contributed by atoms with Crippen molar-refractivity contribution >= 4 is 35.6 Å². The lowest BCUT2D eigenvalue weighted by Crippen LogP contribution is -2.51. The number of hydrogen-bond donors (Lipinski definition) is 3. The van der Waals surface area contributed by atoms with E-state index in [1.807, 2.05) is 0 Å². The zero-order chi connectivity index (χ0) is 17.7. The molecular weight excluding hydrogens is 358 g/mol. The number of piperidine rings is 1. The molecule has 1 aliphatic heterocycles. The third-order valence-corrected chi connectivity index (χ3v) is 4.36. The van der Waals surface area contributed by atoms with Gasteiger partial charge < -0.3 is 25.1 Å². The highest BCUT2D eigenvalue weighted by atomic mass is 35.5. The molecule has 0 atom stereocenters. The van der Waals surface area contributed by atoms with Crippen molar-refractivity contribution in [2.75, 3.05) is 30.8 Å². The van der Waals surface area contributed by atoms with Crippen LogP contribution in [0.15, 0.2) is 47.1 Å². The Bertz CT molecular complexity index is 725. The average molecular weight is 380 g/mol. The lowest BCUT2D eigenvalue weighted by molar-refractivity contribution is -0.140. The molecule has 1 aromatic carbocycles. The second-order valence-electron chi connectivity index (χ2n) is 5.91. The number of anilines is 2. The molecule has 1 aromatic heterocycles. The first-order valence-corrected chi connectivity index (χ1v) is 8.15. The molecular formula is C18H22ClN3O4. The summed E-state index contributed by atoms with van der Waals surface area (Å²) in [5.41, 5.74) is 0.468. The average Bonchev–Trinajstić information content (AvgIpc) is 3.19. The summed E-state index contributed by atoms with van der Waals surface area (Å²) in [7, 11) is 1.57. The van der Waals surface area contributed by atoms with Crippen molar-refractivity contribution in [2.45, 2.75) is 18.4 Å². The molecule has 0 bridgehead atoms. The molecule has 0 unspecified atom stereocenters. The third-order valence-electron chi connectivity index (χ3n) is 4.36. The van der Waals surface area contributed by atoms with Crippen LogP contribution >= 0.6 is 12.4 Å². The molecule has 7 nitrogen and oxygen atoms in total. The van der Waals surface area contributed by atoms with E-state index in [-0.39, 0.29) is 30.0 Å². The normalized spacial score (nSPS) is 15.6. The van der Waals surface area contributed by atoms with Crippen LogP contribution in [0.1, 0.15) is 23.4 Å². The molecule has 2 heterocycles. The van der Waals surface area contributed by atoms with Gasteiger partial charge in [0.2, 0.25) is 0 Å². The Labute approximate surface area is 157 Å². The van der Waals surface area contributed by atoms with Crippen LogP contribution in [0, 0.1) is 0 Å². The van der Waals surface area contributed by atoms with Gasteiger partial charge in [-0.3, -0.25) is 9.59 Å². The molecule has 3 rings (SSSR count).